The first-order valence-electron chi connectivity index (χ1n) is 8.58. The van der Waals surface area contributed by atoms with Crippen molar-refractivity contribution in [2.24, 2.45) is 4.99 Å². The Hall–Kier alpha value is -1.31. The molecule has 0 atom stereocenters. The third kappa shape index (κ3) is 5.36. The van der Waals surface area contributed by atoms with E-state index >= 15 is 0 Å². The summed E-state index contributed by atoms with van der Waals surface area (Å²) >= 11 is 0. The van der Waals surface area contributed by atoms with Gasteiger partial charge in [0, 0.05) is 31.4 Å². The SMILES string of the molecule is CN=C(NCc1cccnc1OC1CCCC1)NC1CC=CC1.I. The smallest absolute Gasteiger partial charge is 0.218 e. The van der Waals surface area contributed by atoms with Crippen molar-refractivity contribution in [3.8, 4) is 5.88 Å². The molecule has 1 saturated carbocycles. The second kappa shape index (κ2) is 9.86. The normalized spacial score (nSPS) is 18.5. The van der Waals surface area contributed by atoms with Gasteiger partial charge in [0.2, 0.25) is 5.88 Å². The van der Waals surface area contributed by atoms with E-state index in [1.165, 1.54) is 12.8 Å². The van der Waals surface area contributed by atoms with E-state index in [2.05, 4.69) is 38.8 Å². The molecule has 0 saturated heterocycles. The first-order chi connectivity index (χ1) is 11.3. The van der Waals surface area contributed by atoms with Gasteiger partial charge in [-0.1, -0.05) is 18.2 Å². The Kier molecular flexibility index (Phi) is 7.81. The monoisotopic (exact) mass is 442 g/mol. The van der Waals surface area contributed by atoms with E-state index in [1.807, 2.05) is 6.07 Å². The molecule has 5 nitrogen and oxygen atoms in total. The highest BCUT2D eigenvalue weighted by atomic mass is 127. The van der Waals surface area contributed by atoms with Gasteiger partial charge >= 0.3 is 0 Å². The van der Waals surface area contributed by atoms with E-state index in [4.69, 9.17) is 4.74 Å². The van der Waals surface area contributed by atoms with Crippen LogP contribution in [-0.2, 0) is 6.54 Å². The molecule has 1 heterocycles. The maximum atomic E-state index is 6.08. The minimum Gasteiger partial charge on any atom is -0.474 e. The molecule has 0 radical (unpaired) electrons. The Bertz CT molecular complexity index is 562. The summed E-state index contributed by atoms with van der Waals surface area (Å²) in [6, 6.07) is 4.47. The zero-order valence-electron chi connectivity index (χ0n) is 14.2. The molecule has 0 amide bonds. The van der Waals surface area contributed by atoms with E-state index in [0.717, 1.165) is 43.1 Å². The predicted molar refractivity (Wildman–Crippen MR) is 108 cm³/mol. The summed E-state index contributed by atoms with van der Waals surface area (Å²) in [6.45, 7) is 0.662. The minimum atomic E-state index is 0. The number of aliphatic imine (C=N–C) groups is 1. The van der Waals surface area contributed by atoms with Gasteiger partial charge in [0.15, 0.2) is 5.96 Å². The number of ether oxygens (including phenoxy) is 1. The summed E-state index contributed by atoms with van der Waals surface area (Å²) in [5.41, 5.74) is 1.08. The summed E-state index contributed by atoms with van der Waals surface area (Å²) in [5.74, 6) is 1.58. The fraction of sp³-hybridized carbons (Fsp3) is 0.556. The molecule has 3 rings (SSSR count). The maximum absolute atomic E-state index is 6.08. The molecule has 2 N–H and O–H groups in total. The molecule has 0 spiro atoms. The number of aromatic nitrogens is 1. The molecule has 2 aliphatic rings. The highest BCUT2D eigenvalue weighted by Gasteiger charge is 2.19. The third-order valence-electron chi connectivity index (χ3n) is 4.45. The van der Waals surface area contributed by atoms with Gasteiger partial charge in [-0.2, -0.15) is 0 Å². The van der Waals surface area contributed by atoms with Crippen molar-refractivity contribution in [2.75, 3.05) is 7.05 Å². The quantitative estimate of drug-likeness (QED) is 0.318. The van der Waals surface area contributed by atoms with Gasteiger partial charge in [0.1, 0.15) is 6.10 Å². The average Bonchev–Trinajstić information content (AvgIpc) is 3.26. The Morgan fingerprint density at radius 3 is 2.75 bits per heavy atom. The lowest BCUT2D eigenvalue weighted by Crippen LogP contribution is -2.42. The summed E-state index contributed by atoms with van der Waals surface area (Å²) in [5, 5.41) is 6.81. The highest BCUT2D eigenvalue weighted by molar-refractivity contribution is 14.0. The molecule has 0 unspecified atom stereocenters. The van der Waals surface area contributed by atoms with Crippen LogP contribution in [0.15, 0.2) is 35.5 Å². The number of pyridine rings is 1. The third-order valence-corrected chi connectivity index (χ3v) is 4.45. The second-order valence-electron chi connectivity index (χ2n) is 6.20. The second-order valence-corrected chi connectivity index (χ2v) is 6.20. The fourth-order valence-corrected chi connectivity index (χ4v) is 3.13. The van der Waals surface area contributed by atoms with Gasteiger partial charge in [0.05, 0.1) is 0 Å². The Balaban J connectivity index is 0.00000208. The van der Waals surface area contributed by atoms with Crippen LogP contribution in [0.5, 0.6) is 5.88 Å². The molecule has 0 bridgehead atoms. The highest BCUT2D eigenvalue weighted by Crippen LogP contribution is 2.24. The van der Waals surface area contributed by atoms with Crippen LogP contribution in [0.4, 0.5) is 0 Å². The van der Waals surface area contributed by atoms with Gasteiger partial charge in [-0.05, 0) is 44.6 Å². The molecule has 24 heavy (non-hydrogen) atoms. The van der Waals surface area contributed by atoms with Crippen LogP contribution in [0, 0.1) is 0 Å². The number of nitrogens with zero attached hydrogens (tertiary/aromatic N) is 2. The van der Waals surface area contributed by atoms with Crippen LogP contribution in [-0.4, -0.2) is 30.1 Å². The minimum absolute atomic E-state index is 0. The standard InChI is InChI=1S/C18H26N4O.HI/c1-19-18(22-15-8-2-3-9-15)21-13-14-7-6-12-20-17(14)23-16-10-4-5-11-16;/h2-3,6-7,12,15-16H,4-5,8-11,13H2,1H3,(H2,19,21,22);1H. The Morgan fingerprint density at radius 2 is 2.04 bits per heavy atom. The van der Waals surface area contributed by atoms with Crippen LogP contribution < -0.4 is 15.4 Å². The lowest BCUT2D eigenvalue weighted by molar-refractivity contribution is 0.199. The van der Waals surface area contributed by atoms with Gasteiger partial charge in [-0.25, -0.2) is 4.98 Å². The summed E-state index contributed by atoms with van der Waals surface area (Å²) in [7, 11) is 1.80. The molecule has 2 aliphatic carbocycles. The van der Waals surface area contributed by atoms with Crippen LogP contribution in [0.2, 0.25) is 0 Å². The van der Waals surface area contributed by atoms with Crippen molar-refractivity contribution in [1.82, 2.24) is 15.6 Å². The Labute approximate surface area is 161 Å². The van der Waals surface area contributed by atoms with Crippen molar-refractivity contribution in [2.45, 2.75) is 57.2 Å². The molecule has 1 aromatic heterocycles. The summed E-state index contributed by atoms with van der Waals surface area (Å²) in [6.07, 6.45) is 13.5. The van der Waals surface area contributed by atoms with Crippen LogP contribution in [0.1, 0.15) is 44.1 Å². The lowest BCUT2D eigenvalue weighted by Gasteiger charge is -2.18. The van der Waals surface area contributed by atoms with Gasteiger partial charge in [0.25, 0.3) is 0 Å². The number of hydrogen-bond acceptors (Lipinski definition) is 3. The number of hydrogen-bond donors (Lipinski definition) is 2. The first kappa shape index (κ1) is 19.0. The van der Waals surface area contributed by atoms with Crippen LogP contribution in [0.3, 0.4) is 0 Å². The molecule has 1 aromatic rings. The van der Waals surface area contributed by atoms with E-state index < -0.39 is 0 Å². The fourth-order valence-electron chi connectivity index (χ4n) is 3.13. The van der Waals surface area contributed by atoms with Crippen LogP contribution in [0.25, 0.3) is 0 Å². The summed E-state index contributed by atoms with van der Waals surface area (Å²) < 4.78 is 6.08. The number of rotatable bonds is 5. The van der Waals surface area contributed by atoms with Crippen molar-refractivity contribution >= 4 is 29.9 Å². The number of halogens is 1. The van der Waals surface area contributed by atoms with E-state index in [0.29, 0.717) is 18.7 Å². The molecule has 0 aliphatic heterocycles. The van der Waals surface area contributed by atoms with Crippen molar-refractivity contribution in [3.63, 3.8) is 0 Å². The van der Waals surface area contributed by atoms with Crippen molar-refractivity contribution < 1.29 is 4.74 Å². The zero-order chi connectivity index (χ0) is 15.9. The lowest BCUT2D eigenvalue weighted by atomic mass is 10.2. The van der Waals surface area contributed by atoms with Gasteiger partial charge in [-0.15, -0.1) is 24.0 Å². The molecule has 6 heteroatoms. The summed E-state index contributed by atoms with van der Waals surface area (Å²) in [4.78, 5) is 8.72. The van der Waals surface area contributed by atoms with E-state index in [9.17, 15) is 0 Å². The molecule has 132 valence electrons. The van der Waals surface area contributed by atoms with Crippen molar-refractivity contribution in [1.29, 1.82) is 0 Å². The largest absolute Gasteiger partial charge is 0.474 e. The molecular formula is C18H27IN4O. The molecule has 1 fully saturated rings. The van der Waals surface area contributed by atoms with E-state index in [-0.39, 0.29) is 24.0 Å². The topological polar surface area (TPSA) is 58.5 Å². The van der Waals surface area contributed by atoms with Crippen LogP contribution >= 0.6 is 24.0 Å². The number of nitrogens with one attached hydrogen (secondary N) is 2. The predicted octanol–water partition coefficient (Wildman–Crippen LogP) is 3.40. The Morgan fingerprint density at radius 1 is 1.29 bits per heavy atom. The molecular weight excluding hydrogens is 415 g/mol. The van der Waals surface area contributed by atoms with Crippen molar-refractivity contribution in [3.05, 3.63) is 36.0 Å². The van der Waals surface area contributed by atoms with Gasteiger partial charge in [-0.3, -0.25) is 4.99 Å². The molecule has 0 aromatic carbocycles. The average molecular weight is 442 g/mol. The maximum Gasteiger partial charge on any atom is 0.218 e. The van der Waals surface area contributed by atoms with Gasteiger partial charge < -0.3 is 15.4 Å². The van der Waals surface area contributed by atoms with E-state index in [1.54, 1.807) is 13.2 Å². The first-order valence-corrected chi connectivity index (χ1v) is 8.58. The zero-order valence-corrected chi connectivity index (χ0v) is 16.5. The number of guanidine groups is 1.